The van der Waals surface area contributed by atoms with Crippen molar-refractivity contribution in [3.05, 3.63) is 46.2 Å². The normalized spacial score (nSPS) is 16.7. The first-order valence-corrected chi connectivity index (χ1v) is 9.27. The SMILES string of the molecule is COc1cccc(C2CC(Cc3cccs3)=NN2C(=O)CCl)c1OC. The van der Waals surface area contributed by atoms with Gasteiger partial charge in [-0.25, -0.2) is 5.01 Å². The van der Waals surface area contributed by atoms with Crippen molar-refractivity contribution >= 4 is 34.6 Å². The molecule has 0 spiro atoms. The molecule has 1 aromatic carbocycles. The maximum Gasteiger partial charge on any atom is 0.258 e. The molecule has 5 nitrogen and oxygen atoms in total. The molecule has 0 fully saturated rings. The summed E-state index contributed by atoms with van der Waals surface area (Å²) in [7, 11) is 3.19. The highest BCUT2D eigenvalue weighted by atomic mass is 35.5. The Kier molecular flexibility index (Phi) is 5.60. The van der Waals surface area contributed by atoms with E-state index in [1.54, 1.807) is 25.6 Å². The summed E-state index contributed by atoms with van der Waals surface area (Å²) in [5, 5.41) is 8.06. The molecule has 0 aliphatic carbocycles. The molecule has 2 aromatic rings. The minimum absolute atomic E-state index is 0.113. The van der Waals surface area contributed by atoms with Gasteiger partial charge >= 0.3 is 0 Å². The summed E-state index contributed by atoms with van der Waals surface area (Å²) in [5.41, 5.74) is 1.82. The minimum atomic E-state index is -0.244. The molecule has 1 aliphatic heterocycles. The summed E-state index contributed by atoms with van der Waals surface area (Å²) in [6.45, 7) is 0. The average molecular weight is 379 g/mol. The number of hydrogen-bond donors (Lipinski definition) is 0. The van der Waals surface area contributed by atoms with Gasteiger partial charge in [0.05, 0.1) is 20.3 Å². The molecule has 0 bridgehead atoms. The van der Waals surface area contributed by atoms with Crippen LogP contribution in [0.5, 0.6) is 11.5 Å². The van der Waals surface area contributed by atoms with E-state index in [0.717, 1.165) is 17.7 Å². The number of hydrazone groups is 1. The van der Waals surface area contributed by atoms with Crippen LogP contribution in [0.4, 0.5) is 0 Å². The molecule has 3 rings (SSSR count). The third kappa shape index (κ3) is 3.65. The first-order valence-electron chi connectivity index (χ1n) is 7.85. The Bertz CT molecular complexity index is 777. The zero-order chi connectivity index (χ0) is 17.8. The van der Waals surface area contributed by atoms with Gasteiger partial charge in [0, 0.05) is 29.0 Å². The third-order valence-corrected chi connectivity index (χ3v) is 5.20. The number of nitrogens with zero attached hydrogens (tertiary/aromatic N) is 2. The highest BCUT2D eigenvalue weighted by molar-refractivity contribution is 7.10. The number of carbonyl (C=O) groups is 1. The summed E-state index contributed by atoms with van der Waals surface area (Å²) in [4.78, 5) is 13.5. The standard InChI is InChI=1S/C18H19ClN2O3S/c1-23-16-7-3-6-14(18(16)24-2)15-10-12(9-13-5-4-8-25-13)20-21(15)17(22)11-19/h3-8,15H,9-11H2,1-2H3. The fraction of sp³-hybridized carbons (Fsp3) is 0.333. The zero-order valence-electron chi connectivity index (χ0n) is 14.1. The van der Waals surface area contributed by atoms with Crippen LogP contribution >= 0.6 is 22.9 Å². The molecular weight excluding hydrogens is 360 g/mol. The van der Waals surface area contributed by atoms with Crippen molar-refractivity contribution < 1.29 is 14.3 Å². The van der Waals surface area contributed by atoms with Gasteiger partial charge in [0.2, 0.25) is 0 Å². The molecule has 132 valence electrons. The van der Waals surface area contributed by atoms with E-state index in [2.05, 4.69) is 11.2 Å². The number of para-hydroxylation sites is 1. The Morgan fingerprint density at radius 3 is 2.80 bits per heavy atom. The molecule has 0 saturated heterocycles. The van der Waals surface area contributed by atoms with E-state index in [-0.39, 0.29) is 17.8 Å². The van der Waals surface area contributed by atoms with Gasteiger partial charge in [-0.3, -0.25) is 4.79 Å². The van der Waals surface area contributed by atoms with E-state index < -0.39 is 0 Å². The second-order valence-electron chi connectivity index (χ2n) is 5.60. The molecule has 7 heteroatoms. The number of rotatable bonds is 6. The number of benzene rings is 1. The number of methoxy groups -OCH3 is 2. The molecule has 1 atom stereocenters. The second kappa shape index (κ2) is 7.89. The maximum absolute atomic E-state index is 12.3. The summed E-state index contributed by atoms with van der Waals surface area (Å²) in [5.74, 6) is 0.913. The fourth-order valence-electron chi connectivity index (χ4n) is 3.00. The molecular formula is C18H19ClN2O3S. The summed E-state index contributed by atoms with van der Waals surface area (Å²) in [6, 6.07) is 9.49. The van der Waals surface area contributed by atoms with Gasteiger partial charge in [-0.1, -0.05) is 18.2 Å². The predicted molar refractivity (Wildman–Crippen MR) is 99.9 cm³/mol. The highest BCUT2D eigenvalue weighted by Gasteiger charge is 2.34. The average Bonchev–Trinajstić information content (AvgIpc) is 3.30. The molecule has 1 aliphatic rings. The highest BCUT2D eigenvalue weighted by Crippen LogP contribution is 2.41. The Balaban J connectivity index is 1.94. The maximum atomic E-state index is 12.3. The number of carbonyl (C=O) groups excluding carboxylic acids is 1. The number of ether oxygens (including phenoxy) is 2. The van der Waals surface area contributed by atoms with Gasteiger partial charge in [-0.05, 0) is 17.5 Å². The van der Waals surface area contributed by atoms with Gasteiger partial charge in [-0.15, -0.1) is 22.9 Å². The molecule has 1 aromatic heterocycles. The van der Waals surface area contributed by atoms with Gasteiger partial charge in [0.25, 0.3) is 5.91 Å². The van der Waals surface area contributed by atoms with E-state index in [1.807, 2.05) is 29.6 Å². The van der Waals surface area contributed by atoms with Crippen LogP contribution in [0.1, 0.15) is 22.9 Å². The van der Waals surface area contributed by atoms with Gasteiger partial charge < -0.3 is 9.47 Å². The Labute approximate surface area is 155 Å². The number of halogens is 1. The molecule has 0 saturated carbocycles. The van der Waals surface area contributed by atoms with Crippen LogP contribution in [0.3, 0.4) is 0 Å². The van der Waals surface area contributed by atoms with Gasteiger partial charge in [0.1, 0.15) is 5.88 Å². The lowest BCUT2D eigenvalue weighted by Crippen LogP contribution is -2.28. The third-order valence-electron chi connectivity index (χ3n) is 4.09. The first kappa shape index (κ1) is 17.8. The summed E-state index contributed by atoms with van der Waals surface area (Å²) in [6.07, 6.45) is 1.37. The van der Waals surface area contributed by atoms with Crippen molar-refractivity contribution in [3.63, 3.8) is 0 Å². The van der Waals surface area contributed by atoms with Crippen LogP contribution in [-0.4, -0.2) is 36.7 Å². The molecule has 1 unspecified atom stereocenters. The van der Waals surface area contributed by atoms with Crippen molar-refractivity contribution in [2.45, 2.75) is 18.9 Å². The van der Waals surface area contributed by atoms with Crippen molar-refractivity contribution in [2.24, 2.45) is 5.10 Å². The van der Waals surface area contributed by atoms with Gasteiger partial charge in [0.15, 0.2) is 11.5 Å². The number of alkyl halides is 1. The molecule has 1 amide bonds. The second-order valence-corrected chi connectivity index (χ2v) is 6.90. The largest absolute Gasteiger partial charge is 0.493 e. The monoisotopic (exact) mass is 378 g/mol. The lowest BCUT2D eigenvalue weighted by Gasteiger charge is -2.23. The fourth-order valence-corrected chi connectivity index (χ4v) is 3.86. The Hall–Kier alpha value is -2.05. The van der Waals surface area contributed by atoms with Crippen molar-refractivity contribution in [1.29, 1.82) is 0 Å². The smallest absolute Gasteiger partial charge is 0.258 e. The van der Waals surface area contributed by atoms with Crippen LogP contribution in [0, 0.1) is 0 Å². The van der Waals surface area contributed by atoms with E-state index in [0.29, 0.717) is 17.9 Å². The Morgan fingerprint density at radius 1 is 1.32 bits per heavy atom. The number of thiophene rings is 1. The zero-order valence-corrected chi connectivity index (χ0v) is 15.6. The van der Waals surface area contributed by atoms with Crippen LogP contribution < -0.4 is 9.47 Å². The summed E-state index contributed by atoms with van der Waals surface area (Å²) >= 11 is 7.47. The topological polar surface area (TPSA) is 51.1 Å². The predicted octanol–water partition coefficient (Wildman–Crippen LogP) is 3.88. The number of amides is 1. The molecule has 0 N–H and O–H groups in total. The lowest BCUT2D eigenvalue weighted by molar-refractivity contribution is -0.130. The minimum Gasteiger partial charge on any atom is -0.493 e. The van der Waals surface area contributed by atoms with E-state index >= 15 is 0 Å². The van der Waals surface area contributed by atoms with Crippen molar-refractivity contribution in [2.75, 3.05) is 20.1 Å². The number of hydrogen-bond acceptors (Lipinski definition) is 5. The lowest BCUT2D eigenvalue weighted by atomic mass is 9.99. The Morgan fingerprint density at radius 2 is 2.16 bits per heavy atom. The van der Waals surface area contributed by atoms with Crippen molar-refractivity contribution in [3.8, 4) is 11.5 Å². The van der Waals surface area contributed by atoms with Crippen LogP contribution in [0.2, 0.25) is 0 Å². The van der Waals surface area contributed by atoms with Crippen LogP contribution in [0.25, 0.3) is 0 Å². The summed E-state index contributed by atoms with van der Waals surface area (Å²) < 4.78 is 10.9. The van der Waals surface area contributed by atoms with E-state index in [4.69, 9.17) is 21.1 Å². The first-order chi connectivity index (χ1) is 12.2. The van der Waals surface area contributed by atoms with Crippen molar-refractivity contribution in [1.82, 2.24) is 5.01 Å². The van der Waals surface area contributed by atoms with Crippen LogP contribution in [-0.2, 0) is 11.2 Å². The molecule has 2 heterocycles. The molecule has 25 heavy (non-hydrogen) atoms. The van der Waals surface area contributed by atoms with E-state index in [9.17, 15) is 4.79 Å². The quantitative estimate of drug-likeness (QED) is 0.717. The van der Waals surface area contributed by atoms with Gasteiger partial charge in [-0.2, -0.15) is 5.10 Å². The molecule has 0 radical (unpaired) electrons. The van der Waals surface area contributed by atoms with Crippen LogP contribution in [0.15, 0.2) is 40.8 Å². The van der Waals surface area contributed by atoms with E-state index in [1.165, 1.54) is 9.89 Å².